The Morgan fingerprint density at radius 3 is 2.83 bits per heavy atom. The van der Waals surface area contributed by atoms with Crippen molar-refractivity contribution in [3.63, 3.8) is 0 Å². The van der Waals surface area contributed by atoms with Crippen molar-refractivity contribution in [3.8, 4) is 0 Å². The van der Waals surface area contributed by atoms with Crippen molar-refractivity contribution in [3.05, 3.63) is 47.0 Å². The van der Waals surface area contributed by atoms with Gasteiger partial charge in [0.25, 0.3) is 0 Å². The molecule has 0 amide bonds. The largest absolute Gasteiger partial charge is 0.367 e. The fourth-order valence-corrected chi connectivity index (χ4v) is 2.87. The van der Waals surface area contributed by atoms with Crippen LogP contribution in [0.15, 0.2) is 30.6 Å². The average Bonchev–Trinajstić information content (AvgIpc) is 2.74. The van der Waals surface area contributed by atoms with Crippen LogP contribution in [0.25, 0.3) is 0 Å². The van der Waals surface area contributed by atoms with Crippen LogP contribution in [0.3, 0.4) is 0 Å². The van der Waals surface area contributed by atoms with Gasteiger partial charge in [-0.3, -0.25) is 0 Å². The molecule has 0 saturated heterocycles. The molecule has 0 atom stereocenters. The lowest BCUT2D eigenvalue weighted by Gasteiger charge is -2.22. The third-order valence-electron chi connectivity index (χ3n) is 2.94. The van der Waals surface area contributed by atoms with Gasteiger partial charge in [-0.05, 0) is 12.1 Å². The van der Waals surface area contributed by atoms with Crippen LogP contribution in [-0.2, 0) is 18.9 Å². The first-order valence-electron chi connectivity index (χ1n) is 5.64. The van der Waals surface area contributed by atoms with Crippen molar-refractivity contribution in [2.24, 2.45) is 7.05 Å². The summed E-state index contributed by atoms with van der Waals surface area (Å²) >= 11 is 9.70. The average molecular weight is 329 g/mol. The van der Waals surface area contributed by atoms with Crippen LogP contribution in [0.5, 0.6) is 0 Å². The molecule has 0 spiro atoms. The predicted molar refractivity (Wildman–Crippen MR) is 79.4 cm³/mol. The normalized spacial score (nSPS) is 10.7. The second-order valence-corrected chi connectivity index (χ2v) is 5.15. The van der Waals surface area contributed by atoms with E-state index in [0.29, 0.717) is 0 Å². The van der Waals surface area contributed by atoms with E-state index in [1.807, 2.05) is 43.2 Å². The van der Waals surface area contributed by atoms with E-state index in [1.165, 1.54) is 0 Å². The van der Waals surface area contributed by atoms with E-state index in [-0.39, 0.29) is 0 Å². The van der Waals surface area contributed by atoms with Gasteiger partial charge < -0.3 is 9.47 Å². The zero-order chi connectivity index (χ0) is 13.1. The molecular formula is C13H15BrClN3. The summed E-state index contributed by atoms with van der Waals surface area (Å²) in [4.78, 5) is 6.49. The molecule has 0 aliphatic rings. The second-order valence-electron chi connectivity index (χ2n) is 4.18. The van der Waals surface area contributed by atoms with Gasteiger partial charge in [-0.1, -0.05) is 33.6 Å². The molecule has 0 radical (unpaired) electrons. The molecule has 1 heterocycles. The van der Waals surface area contributed by atoms with Gasteiger partial charge in [0.2, 0.25) is 0 Å². The van der Waals surface area contributed by atoms with Crippen LogP contribution < -0.4 is 4.90 Å². The lowest BCUT2D eigenvalue weighted by atomic mass is 10.2. The van der Waals surface area contributed by atoms with Crippen LogP contribution in [-0.4, -0.2) is 16.6 Å². The van der Waals surface area contributed by atoms with Gasteiger partial charge in [-0.25, -0.2) is 4.98 Å². The number of anilines is 1. The molecule has 0 aliphatic carbocycles. The smallest absolute Gasteiger partial charge is 0.127 e. The van der Waals surface area contributed by atoms with Crippen molar-refractivity contribution < 1.29 is 0 Å². The van der Waals surface area contributed by atoms with E-state index >= 15 is 0 Å². The summed E-state index contributed by atoms with van der Waals surface area (Å²) in [6.07, 6.45) is 3.76. The van der Waals surface area contributed by atoms with Crippen LogP contribution in [0.1, 0.15) is 11.4 Å². The lowest BCUT2D eigenvalue weighted by molar-refractivity contribution is 0.760. The maximum Gasteiger partial charge on any atom is 0.127 e. The van der Waals surface area contributed by atoms with E-state index < -0.39 is 0 Å². The SMILES string of the molecule is CN(Cc1nccn1C)c1cccc(Cl)c1CBr. The maximum atomic E-state index is 6.21. The first kappa shape index (κ1) is 13.4. The Labute approximate surface area is 121 Å². The van der Waals surface area contributed by atoms with Gasteiger partial charge in [0.1, 0.15) is 5.82 Å². The van der Waals surface area contributed by atoms with Crippen molar-refractivity contribution in [1.29, 1.82) is 0 Å². The van der Waals surface area contributed by atoms with E-state index in [2.05, 4.69) is 31.9 Å². The van der Waals surface area contributed by atoms with Crippen LogP contribution in [0, 0.1) is 0 Å². The summed E-state index contributed by atoms with van der Waals surface area (Å²) in [5, 5.41) is 1.53. The molecule has 2 aromatic rings. The van der Waals surface area contributed by atoms with Gasteiger partial charge in [-0.2, -0.15) is 0 Å². The molecule has 0 N–H and O–H groups in total. The Morgan fingerprint density at radius 1 is 1.44 bits per heavy atom. The van der Waals surface area contributed by atoms with Crippen molar-refractivity contribution >= 4 is 33.2 Å². The van der Waals surface area contributed by atoms with E-state index in [9.17, 15) is 0 Å². The molecule has 1 aromatic carbocycles. The number of aromatic nitrogens is 2. The Hall–Kier alpha value is -1.000. The number of halogens is 2. The zero-order valence-electron chi connectivity index (χ0n) is 10.4. The van der Waals surface area contributed by atoms with Gasteiger partial charge in [0.15, 0.2) is 0 Å². The highest BCUT2D eigenvalue weighted by Gasteiger charge is 2.11. The molecular weight excluding hydrogens is 314 g/mol. The summed E-state index contributed by atoms with van der Waals surface area (Å²) in [7, 11) is 4.05. The third-order valence-corrected chi connectivity index (χ3v) is 3.85. The van der Waals surface area contributed by atoms with Crippen LogP contribution in [0.4, 0.5) is 5.69 Å². The summed E-state index contributed by atoms with van der Waals surface area (Å²) in [6.45, 7) is 0.754. The summed E-state index contributed by atoms with van der Waals surface area (Å²) in [6, 6.07) is 5.96. The van der Waals surface area contributed by atoms with Gasteiger partial charge in [0, 0.05) is 48.1 Å². The number of aryl methyl sites for hydroxylation is 1. The zero-order valence-corrected chi connectivity index (χ0v) is 12.7. The molecule has 2 rings (SSSR count). The minimum Gasteiger partial charge on any atom is -0.367 e. The number of benzene rings is 1. The van der Waals surface area contributed by atoms with Gasteiger partial charge in [0.05, 0.1) is 6.54 Å². The fraction of sp³-hybridized carbons (Fsp3) is 0.308. The summed E-state index contributed by atoms with van der Waals surface area (Å²) in [5.74, 6) is 1.03. The highest BCUT2D eigenvalue weighted by atomic mass is 79.9. The number of hydrogen-bond donors (Lipinski definition) is 0. The summed E-state index contributed by atoms with van der Waals surface area (Å²) in [5.41, 5.74) is 2.23. The Bertz CT molecular complexity index is 539. The quantitative estimate of drug-likeness (QED) is 0.800. The first-order valence-corrected chi connectivity index (χ1v) is 7.14. The fourth-order valence-electron chi connectivity index (χ4n) is 1.88. The number of rotatable bonds is 4. The molecule has 0 saturated carbocycles. The molecule has 0 aliphatic heterocycles. The molecule has 96 valence electrons. The Kier molecular flexibility index (Phi) is 4.30. The minimum atomic E-state index is 0.743. The lowest BCUT2D eigenvalue weighted by Crippen LogP contribution is -2.20. The van der Waals surface area contributed by atoms with Gasteiger partial charge in [-0.15, -0.1) is 0 Å². The number of alkyl halides is 1. The van der Waals surface area contributed by atoms with Crippen molar-refractivity contribution in [2.75, 3.05) is 11.9 Å². The van der Waals surface area contributed by atoms with E-state index in [0.717, 1.165) is 34.0 Å². The highest BCUT2D eigenvalue weighted by Crippen LogP contribution is 2.29. The van der Waals surface area contributed by atoms with E-state index in [1.54, 1.807) is 0 Å². The molecule has 18 heavy (non-hydrogen) atoms. The molecule has 1 aromatic heterocycles. The minimum absolute atomic E-state index is 0.743. The molecule has 0 bridgehead atoms. The standard InChI is InChI=1S/C13H15BrClN3/c1-17-7-6-16-13(17)9-18(2)12-5-3-4-11(15)10(12)8-14/h3-7H,8-9H2,1-2H3. The van der Waals surface area contributed by atoms with Crippen LogP contribution >= 0.6 is 27.5 Å². The predicted octanol–water partition coefficient (Wildman–Crippen LogP) is 3.60. The molecule has 3 nitrogen and oxygen atoms in total. The highest BCUT2D eigenvalue weighted by molar-refractivity contribution is 9.08. The molecule has 5 heteroatoms. The second kappa shape index (κ2) is 5.76. The third kappa shape index (κ3) is 2.70. The topological polar surface area (TPSA) is 21.1 Å². The number of nitrogens with zero attached hydrogens (tertiary/aromatic N) is 3. The maximum absolute atomic E-state index is 6.21. The van der Waals surface area contributed by atoms with Crippen molar-refractivity contribution in [2.45, 2.75) is 11.9 Å². The Morgan fingerprint density at radius 2 is 2.22 bits per heavy atom. The van der Waals surface area contributed by atoms with Gasteiger partial charge >= 0.3 is 0 Å². The number of hydrogen-bond acceptors (Lipinski definition) is 2. The Balaban J connectivity index is 2.26. The van der Waals surface area contributed by atoms with Crippen molar-refractivity contribution in [1.82, 2.24) is 9.55 Å². The van der Waals surface area contributed by atoms with Crippen LogP contribution in [0.2, 0.25) is 5.02 Å². The summed E-state index contributed by atoms with van der Waals surface area (Å²) < 4.78 is 2.02. The first-order chi connectivity index (χ1) is 8.63. The monoisotopic (exact) mass is 327 g/mol. The van der Waals surface area contributed by atoms with E-state index in [4.69, 9.17) is 11.6 Å². The number of imidazole rings is 1. The molecule has 0 fully saturated rings. The molecule has 0 unspecified atom stereocenters.